The minimum atomic E-state index is -1.05. The molecule has 3 rings (SSSR count). The molecule has 0 spiro atoms. The fraction of sp³-hybridized carbons (Fsp3) is 0.294. The number of rotatable bonds is 4. The monoisotopic (exact) mass is 344 g/mol. The summed E-state index contributed by atoms with van der Waals surface area (Å²) in [6, 6.07) is 6.03. The molecule has 2 aromatic rings. The number of ether oxygens (including phenoxy) is 1. The molecule has 1 atom stereocenters. The average Bonchev–Trinajstić information content (AvgIpc) is 2.59. The van der Waals surface area contributed by atoms with E-state index in [9.17, 15) is 4.21 Å². The van der Waals surface area contributed by atoms with Crippen LogP contribution in [0.2, 0.25) is 0 Å². The maximum atomic E-state index is 12.0. The summed E-state index contributed by atoms with van der Waals surface area (Å²) in [6.45, 7) is 2.26. The average molecular weight is 344 g/mol. The molecule has 0 fully saturated rings. The Bertz CT molecular complexity index is 822. The third kappa shape index (κ3) is 2.70. The maximum absolute atomic E-state index is 12.0. The Morgan fingerprint density at radius 1 is 1.25 bits per heavy atom. The van der Waals surface area contributed by atoms with Crippen LogP contribution in [0.1, 0.15) is 12.5 Å². The van der Waals surface area contributed by atoms with Crippen molar-refractivity contribution in [1.82, 2.24) is 9.97 Å². The van der Waals surface area contributed by atoms with Gasteiger partial charge < -0.3 is 9.64 Å². The van der Waals surface area contributed by atoms with Gasteiger partial charge in [0.25, 0.3) is 0 Å². The molecular weight excluding hydrogens is 324 g/mol. The standard InChI is InChI=1S/C17H20N4O2S/c1-5-15(24(4)22)12-6-7-13-14(10-12)21(11-23-3)17-16(20(13)2)18-8-9-19-17/h5-10H,11H2,1-4H3/b15-5-. The third-order valence-corrected chi connectivity index (χ3v) is 5.07. The van der Waals surface area contributed by atoms with Gasteiger partial charge in [-0.3, -0.25) is 9.11 Å². The molecule has 0 bridgehead atoms. The molecule has 0 radical (unpaired) electrons. The van der Waals surface area contributed by atoms with Gasteiger partial charge in [0, 0.05) is 37.7 Å². The van der Waals surface area contributed by atoms with Gasteiger partial charge >= 0.3 is 0 Å². The lowest BCUT2D eigenvalue weighted by molar-refractivity contribution is 0.205. The van der Waals surface area contributed by atoms with E-state index >= 15 is 0 Å². The summed E-state index contributed by atoms with van der Waals surface area (Å²) in [6.07, 6.45) is 6.92. The van der Waals surface area contributed by atoms with Gasteiger partial charge in [-0.1, -0.05) is 12.1 Å². The Morgan fingerprint density at radius 3 is 2.58 bits per heavy atom. The third-order valence-electron chi connectivity index (χ3n) is 3.98. The van der Waals surface area contributed by atoms with Crippen molar-refractivity contribution in [1.29, 1.82) is 0 Å². The molecular formula is C17H20N4O2S. The van der Waals surface area contributed by atoms with E-state index < -0.39 is 10.8 Å². The predicted molar refractivity (Wildman–Crippen MR) is 98.3 cm³/mol. The van der Waals surface area contributed by atoms with Crippen LogP contribution in [-0.4, -0.2) is 41.3 Å². The molecule has 1 aromatic heterocycles. The molecule has 0 N–H and O–H groups in total. The van der Waals surface area contributed by atoms with Crippen LogP contribution < -0.4 is 9.80 Å². The summed E-state index contributed by atoms with van der Waals surface area (Å²) in [7, 11) is 2.56. The predicted octanol–water partition coefficient (Wildman–Crippen LogP) is 3.04. The smallest absolute Gasteiger partial charge is 0.178 e. The van der Waals surface area contributed by atoms with Crippen LogP contribution in [0.4, 0.5) is 23.0 Å². The number of nitrogens with zero attached hydrogens (tertiary/aromatic N) is 4. The van der Waals surface area contributed by atoms with Crippen LogP contribution in [0, 0.1) is 0 Å². The molecule has 0 aliphatic carbocycles. The molecule has 1 aliphatic rings. The van der Waals surface area contributed by atoms with Crippen molar-refractivity contribution in [3.05, 3.63) is 42.2 Å². The van der Waals surface area contributed by atoms with Crippen LogP contribution in [0.5, 0.6) is 0 Å². The van der Waals surface area contributed by atoms with Gasteiger partial charge in [0.1, 0.15) is 6.73 Å². The summed E-state index contributed by atoms with van der Waals surface area (Å²) in [5.74, 6) is 1.52. The zero-order chi connectivity index (χ0) is 17.3. The fourth-order valence-electron chi connectivity index (χ4n) is 2.91. The molecule has 24 heavy (non-hydrogen) atoms. The van der Waals surface area contributed by atoms with E-state index in [-0.39, 0.29) is 0 Å². The summed E-state index contributed by atoms with van der Waals surface area (Å²) < 4.78 is 17.4. The normalized spacial score (nSPS) is 15.1. The first-order valence-electron chi connectivity index (χ1n) is 7.53. The van der Waals surface area contributed by atoms with Crippen molar-refractivity contribution < 1.29 is 8.95 Å². The van der Waals surface area contributed by atoms with Crippen molar-refractivity contribution in [2.45, 2.75) is 6.92 Å². The van der Waals surface area contributed by atoms with E-state index in [0.717, 1.165) is 33.5 Å². The number of aromatic nitrogens is 2. The van der Waals surface area contributed by atoms with E-state index in [0.29, 0.717) is 6.73 Å². The van der Waals surface area contributed by atoms with Gasteiger partial charge in [-0.05, 0) is 24.6 Å². The molecule has 2 heterocycles. The first kappa shape index (κ1) is 16.6. The molecule has 1 aliphatic heterocycles. The van der Waals surface area contributed by atoms with Gasteiger partial charge in [0.2, 0.25) is 0 Å². The molecule has 1 aromatic carbocycles. The van der Waals surface area contributed by atoms with Gasteiger partial charge in [-0.15, -0.1) is 0 Å². The Balaban J connectivity index is 2.18. The lowest BCUT2D eigenvalue weighted by Gasteiger charge is -2.36. The lowest BCUT2D eigenvalue weighted by atomic mass is 10.1. The number of hydrogen-bond donors (Lipinski definition) is 0. The van der Waals surface area contributed by atoms with Crippen molar-refractivity contribution >= 4 is 38.7 Å². The first-order valence-corrected chi connectivity index (χ1v) is 9.09. The first-order chi connectivity index (χ1) is 11.6. The second-order valence-electron chi connectivity index (χ2n) is 5.42. The molecule has 7 heteroatoms. The van der Waals surface area contributed by atoms with Crippen LogP contribution in [0.25, 0.3) is 4.91 Å². The number of hydrogen-bond acceptors (Lipinski definition) is 6. The fourth-order valence-corrected chi connectivity index (χ4v) is 3.70. The number of anilines is 4. The molecule has 0 amide bonds. The summed E-state index contributed by atoms with van der Waals surface area (Å²) in [5, 5.41) is 0. The highest BCUT2D eigenvalue weighted by molar-refractivity contribution is 7.93. The number of benzene rings is 1. The Morgan fingerprint density at radius 2 is 1.96 bits per heavy atom. The highest BCUT2D eigenvalue weighted by atomic mass is 32.2. The van der Waals surface area contributed by atoms with E-state index in [4.69, 9.17) is 4.74 Å². The van der Waals surface area contributed by atoms with Crippen molar-refractivity contribution in [2.24, 2.45) is 0 Å². The second-order valence-corrected chi connectivity index (χ2v) is 6.77. The summed E-state index contributed by atoms with van der Waals surface area (Å²) in [4.78, 5) is 13.7. The maximum Gasteiger partial charge on any atom is 0.178 e. The molecule has 0 saturated heterocycles. The van der Waals surface area contributed by atoms with E-state index in [1.54, 1.807) is 25.8 Å². The number of fused-ring (bicyclic) bond motifs is 2. The van der Waals surface area contributed by atoms with Gasteiger partial charge in [-0.2, -0.15) is 0 Å². The van der Waals surface area contributed by atoms with Crippen LogP contribution in [0.15, 0.2) is 36.7 Å². The minimum Gasteiger partial charge on any atom is -0.364 e. The van der Waals surface area contributed by atoms with Crippen molar-refractivity contribution in [3.8, 4) is 0 Å². The van der Waals surface area contributed by atoms with Crippen molar-refractivity contribution in [2.75, 3.05) is 36.9 Å². The highest BCUT2D eigenvalue weighted by Gasteiger charge is 2.29. The largest absolute Gasteiger partial charge is 0.364 e. The zero-order valence-corrected chi connectivity index (χ0v) is 15.0. The quantitative estimate of drug-likeness (QED) is 0.850. The van der Waals surface area contributed by atoms with E-state index in [2.05, 4.69) is 9.97 Å². The van der Waals surface area contributed by atoms with Crippen LogP contribution in [0.3, 0.4) is 0 Å². The highest BCUT2D eigenvalue weighted by Crippen LogP contribution is 2.45. The van der Waals surface area contributed by atoms with Gasteiger partial charge in [0.05, 0.1) is 22.2 Å². The molecule has 1 unspecified atom stereocenters. The molecule has 6 nitrogen and oxygen atoms in total. The lowest BCUT2D eigenvalue weighted by Crippen LogP contribution is -2.30. The van der Waals surface area contributed by atoms with Gasteiger partial charge in [-0.25, -0.2) is 9.97 Å². The van der Waals surface area contributed by atoms with Crippen LogP contribution >= 0.6 is 0 Å². The summed E-state index contributed by atoms with van der Waals surface area (Å²) in [5.41, 5.74) is 2.88. The number of methoxy groups -OCH3 is 1. The van der Waals surface area contributed by atoms with Crippen LogP contribution in [-0.2, 0) is 15.5 Å². The second kappa shape index (κ2) is 6.70. The Labute approximate surface area is 144 Å². The Hall–Kier alpha value is -2.25. The SMILES string of the molecule is C/C=C(/c1ccc2c(c1)N(COC)c1nccnc1N2C)S(C)=O. The molecule has 126 valence electrons. The van der Waals surface area contributed by atoms with E-state index in [1.807, 2.05) is 48.0 Å². The summed E-state index contributed by atoms with van der Waals surface area (Å²) >= 11 is 0. The van der Waals surface area contributed by atoms with E-state index in [1.165, 1.54) is 0 Å². The zero-order valence-electron chi connectivity index (χ0n) is 14.2. The topological polar surface area (TPSA) is 58.6 Å². The Kier molecular flexibility index (Phi) is 4.64. The van der Waals surface area contributed by atoms with Gasteiger partial charge in [0.15, 0.2) is 11.6 Å². The minimum absolute atomic E-state index is 0.358. The molecule has 0 saturated carbocycles. The number of allylic oxidation sites excluding steroid dienone is 1. The van der Waals surface area contributed by atoms with Crippen molar-refractivity contribution in [3.63, 3.8) is 0 Å².